The predicted octanol–water partition coefficient (Wildman–Crippen LogP) is 2.82. The summed E-state index contributed by atoms with van der Waals surface area (Å²) in [6.07, 6.45) is 3.71. The molecule has 0 fully saturated rings. The molecule has 0 saturated carbocycles. The molecule has 0 aliphatic rings. The van der Waals surface area contributed by atoms with Crippen LogP contribution in [0.25, 0.3) is 5.69 Å². The maximum absolute atomic E-state index is 9.89. The van der Waals surface area contributed by atoms with E-state index in [9.17, 15) is 6.30 Å². The molecule has 0 bridgehead atoms. The first-order chi connectivity index (χ1) is 7.99. The number of nitrogens with zero attached hydrogens (tertiary/aromatic N) is 2. The maximum atomic E-state index is 9.89. The summed E-state index contributed by atoms with van der Waals surface area (Å²) in [7, 11) is 0. The summed E-state index contributed by atoms with van der Waals surface area (Å²) < 4.78 is 31.6. The van der Waals surface area contributed by atoms with Crippen molar-refractivity contribution in [3.05, 3.63) is 42.5 Å². The Morgan fingerprint density at radius 3 is 2.47 bits per heavy atom. The summed E-state index contributed by atoms with van der Waals surface area (Å²) in [4.78, 5) is 4.13. The van der Waals surface area contributed by atoms with Crippen molar-refractivity contribution in [2.45, 2.75) is 6.92 Å². The van der Waals surface area contributed by atoms with Crippen LogP contribution in [0.3, 0.4) is 0 Å². The number of halogens is 3. The van der Waals surface area contributed by atoms with E-state index in [1.54, 1.807) is 12.4 Å². The van der Waals surface area contributed by atoms with Gasteiger partial charge in [0.2, 0.25) is 0 Å². The molecule has 1 aromatic carbocycles. The molecule has 0 atom stereocenters. The minimum atomic E-state index is -5.23. The van der Waals surface area contributed by atoms with Crippen LogP contribution in [0, 0.1) is 41.1 Å². The Morgan fingerprint density at radius 2 is 2.00 bits per heavy atom. The Bertz CT molecular complexity index is 471. The summed E-state index contributed by atoms with van der Waals surface area (Å²) in [6, 6.07) is 8.47. The van der Waals surface area contributed by atoms with Gasteiger partial charge in [-0.2, -0.15) is 18.2 Å². The number of aryl methyl sites for hydroxylation is 1. The van der Waals surface area contributed by atoms with Gasteiger partial charge >= 0.3 is 34.4 Å². The van der Waals surface area contributed by atoms with Gasteiger partial charge in [-0.1, -0.05) is 11.4 Å². The molecule has 0 spiro atoms. The van der Waals surface area contributed by atoms with E-state index in [4.69, 9.17) is 5.73 Å². The van der Waals surface area contributed by atoms with Gasteiger partial charge in [0.1, 0.15) is 0 Å². The fourth-order valence-electron chi connectivity index (χ4n) is 1.19. The van der Waals surface area contributed by atoms with Crippen molar-refractivity contribution in [2.24, 2.45) is 0 Å². The zero-order chi connectivity index (χ0) is 12.8. The van der Waals surface area contributed by atoms with Crippen LogP contribution < -0.4 is 5.73 Å². The second-order valence-corrected chi connectivity index (χ2v) is 4.95. The summed E-state index contributed by atoms with van der Waals surface area (Å²) in [5.41, 5.74) is 8.32. The summed E-state index contributed by atoms with van der Waals surface area (Å²) in [5.74, 6) is 0. The number of nitrogen functional groups attached to an aromatic ring is 1. The van der Waals surface area contributed by atoms with Gasteiger partial charge < -0.3 is 10.3 Å². The molecular formula is C10H10F3N3U-. The van der Waals surface area contributed by atoms with Gasteiger partial charge in [0, 0.05) is 6.20 Å². The molecule has 0 unspecified atom stereocenters. The Kier molecular flexibility index (Phi) is 5.59. The molecule has 1 aromatic heterocycles. The van der Waals surface area contributed by atoms with Gasteiger partial charge in [-0.25, -0.2) is 4.98 Å². The molecule has 1 heterocycles. The van der Waals surface area contributed by atoms with Crippen LogP contribution in [0.4, 0.5) is 12.0 Å². The molecular weight excluding hydrogens is 457 g/mol. The summed E-state index contributed by atoms with van der Waals surface area (Å²) in [6.45, 7) is 1.95. The van der Waals surface area contributed by atoms with Gasteiger partial charge in [0.05, 0.1) is 12.0 Å². The molecule has 2 rings (SSSR count). The second kappa shape index (κ2) is 6.72. The molecule has 2 N–H and O–H groups in total. The van der Waals surface area contributed by atoms with E-state index in [2.05, 4.69) is 11.1 Å². The molecule has 7 heteroatoms. The topological polar surface area (TPSA) is 43.8 Å². The molecule has 0 radical (unpaired) electrons. The van der Waals surface area contributed by atoms with E-state index in [0.29, 0.717) is 5.69 Å². The Morgan fingerprint density at radius 1 is 1.35 bits per heavy atom. The number of hydrogen-bond acceptors (Lipinski definition) is 2. The molecule has 91 valence electrons. The van der Waals surface area contributed by atoms with E-state index < -0.39 is 28.1 Å². The second-order valence-electron chi connectivity index (χ2n) is 3.16. The van der Waals surface area contributed by atoms with Crippen LogP contribution >= 0.6 is 0 Å². The summed E-state index contributed by atoms with van der Waals surface area (Å²) in [5, 5.41) is 0. The van der Waals surface area contributed by atoms with E-state index in [0.717, 1.165) is 11.4 Å². The van der Waals surface area contributed by atoms with Gasteiger partial charge in [0.25, 0.3) is 0 Å². The Hall–Kier alpha value is -0.928. The number of rotatable bonds is 1. The van der Waals surface area contributed by atoms with Crippen LogP contribution in [0.15, 0.2) is 30.7 Å². The van der Waals surface area contributed by atoms with Crippen molar-refractivity contribution in [1.29, 1.82) is 0 Å². The van der Waals surface area contributed by atoms with Crippen molar-refractivity contribution in [3.8, 4) is 5.69 Å². The minimum absolute atomic E-state index is 0.712. The van der Waals surface area contributed by atoms with Crippen LogP contribution in [0.2, 0.25) is 0 Å². The zero-order valence-corrected chi connectivity index (χ0v) is 13.2. The fourth-order valence-corrected chi connectivity index (χ4v) is 1.19. The summed E-state index contributed by atoms with van der Waals surface area (Å²) >= 11 is -5.23. The SMILES string of the molecule is Cc1cn(-c2c[c-]cc(N)c2)cn1.[F][U]([F])[F]. The van der Waals surface area contributed by atoms with Gasteiger partial charge in [-0.3, -0.25) is 0 Å². The van der Waals surface area contributed by atoms with Crippen molar-refractivity contribution in [2.75, 3.05) is 5.73 Å². The third-order valence-electron chi connectivity index (χ3n) is 1.81. The fraction of sp³-hybridized carbons (Fsp3) is 0.100. The first kappa shape index (κ1) is 14.1. The molecule has 17 heavy (non-hydrogen) atoms. The number of imidazole rings is 1. The van der Waals surface area contributed by atoms with Gasteiger partial charge in [0.15, 0.2) is 0 Å². The zero-order valence-electron chi connectivity index (χ0n) is 8.99. The molecule has 0 aliphatic carbocycles. The third-order valence-corrected chi connectivity index (χ3v) is 1.81. The van der Waals surface area contributed by atoms with Crippen molar-refractivity contribution in [1.82, 2.24) is 9.55 Å². The quantitative estimate of drug-likeness (QED) is 0.518. The van der Waals surface area contributed by atoms with E-state index in [-0.39, 0.29) is 0 Å². The number of hydrogen-bond donors (Lipinski definition) is 1. The monoisotopic (exact) mass is 467 g/mol. The molecule has 0 amide bonds. The van der Waals surface area contributed by atoms with E-state index in [1.165, 1.54) is 0 Å². The Balaban J connectivity index is 0.000000317. The first-order valence-electron chi connectivity index (χ1n) is 4.60. The predicted molar refractivity (Wildman–Crippen MR) is 54.9 cm³/mol. The molecule has 2 aromatic rings. The van der Waals surface area contributed by atoms with Gasteiger partial charge in [-0.15, -0.1) is 6.07 Å². The van der Waals surface area contributed by atoms with E-state index >= 15 is 0 Å². The van der Waals surface area contributed by atoms with Crippen molar-refractivity contribution < 1.29 is 34.4 Å². The number of aromatic nitrogens is 2. The van der Waals surface area contributed by atoms with Crippen LogP contribution in [-0.2, 0) is 0 Å². The standard InChI is InChI=1S/C10H10N3.3FH.U/c1-8-6-13(7-12-8)10-4-2-3-9(11)5-10;;;;/h3-7H,11H2,1H3;3*1H;/q-1;;;;+3/p-3. The average molecular weight is 467 g/mol. The number of benzene rings is 1. The number of anilines is 1. The van der Waals surface area contributed by atoms with Crippen LogP contribution in [-0.4, -0.2) is 9.55 Å². The third kappa shape index (κ3) is 5.29. The molecule has 0 saturated heterocycles. The van der Waals surface area contributed by atoms with Crippen LogP contribution in [0.1, 0.15) is 5.69 Å². The van der Waals surface area contributed by atoms with Crippen molar-refractivity contribution in [3.63, 3.8) is 0 Å². The first-order valence-corrected chi connectivity index (χ1v) is 9.32. The van der Waals surface area contributed by atoms with E-state index in [1.807, 2.05) is 29.8 Å². The number of nitrogens with two attached hydrogens (primary N) is 1. The normalized spacial score (nSPS) is 9.41. The molecule has 3 nitrogen and oxygen atoms in total. The average Bonchev–Trinajstić information content (AvgIpc) is 2.64. The Labute approximate surface area is 110 Å². The van der Waals surface area contributed by atoms with Crippen LogP contribution in [0.5, 0.6) is 0 Å². The molecule has 0 aliphatic heterocycles. The van der Waals surface area contributed by atoms with Gasteiger partial charge in [-0.05, 0) is 6.92 Å². The van der Waals surface area contributed by atoms with Crippen molar-refractivity contribution >= 4 is 5.69 Å².